The van der Waals surface area contributed by atoms with Gasteiger partial charge in [0.05, 0.1) is 6.61 Å². The Morgan fingerprint density at radius 1 is 1.47 bits per heavy atom. The van der Waals surface area contributed by atoms with Gasteiger partial charge in [0.2, 0.25) is 0 Å². The molecule has 1 aliphatic rings. The summed E-state index contributed by atoms with van der Waals surface area (Å²) in [6.45, 7) is 4.46. The average Bonchev–Trinajstić information content (AvgIpc) is 2.62. The molecule has 0 bridgehead atoms. The molecule has 1 aromatic carbocycles. The number of hydrogen-bond acceptors (Lipinski definition) is 4. The van der Waals surface area contributed by atoms with E-state index in [1.165, 1.54) is 0 Å². The Hall–Kier alpha value is -0.620. The number of benzene rings is 1. The monoisotopic (exact) mass is 276 g/mol. The quantitative estimate of drug-likeness (QED) is 0.850. The number of aryl methyl sites for hydroxylation is 2. The van der Waals surface area contributed by atoms with Gasteiger partial charge in [0.1, 0.15) is 18.5 Å². The van der Waals surface area contributed by atoms with E-state index >= 15 is 0 Å². The third kappa shape index (κ3) is 3.19. The fourth-order valence-corrected chi connectivity index (χ4v) is 2.65. The van der Waals surface area contributed by atoms with Gasteiger partial charge in [-0.2, -0.15) is 4.21 Å². The normalized spacial score (nSPS) is 23.9. The van der Waals surface area contributed by atoms with E-state index in [0.29, 0.717) is 11.6 Å². The SMILES string of the molecule is Cc1cc(Cl)cc(C)c1OCC1COS(=O)O1. The molecule has 1 heterocycles. The Kier molecular flexibility index (Phi) is 4.04. The van der Waals surface area contributed by atoms with Gasteiger partial charge in [-0.05, 0) is 37.1 Å². The van der Waals surface area contributed by atoms with E-state index in [-0.39, 0.29) is 12.7 Å². The van der Waals surface area contributed by atoms with E-state index in [4.69, 9.17) is 24.7 Å². The van der Waals surface area contributed by atoms with Crippen LogP contribution in [-0.2, 0) is 19.7 Å². The molecular weight excluding hydrogens is 264 g/mol. The summed E-state index contributed by atoms with van der Waals surface area (Å²) in [6.07, 6.45) is -0.287. The molecule has 0 aliphatic carbocycles. The van der Waals surface area contributed by atoms with Crippen LogP contribution in [-0.4, -0.2) is 23.5 Å². The van der Waals surface area contributed by atoms with Crippen molar-refractivity contribution in [3.8, 4) is 5.75 Å². The predicted molar refractivity (Wildman–Crippen MR) is 65.4 cm³/mol. The highest BCUT2D eigenvalue weighted by Gasteiger charge is 2.24. The van der Waals surface area contributed by atoms with Crippen LogP contribution in [0.15, 0.2) is 12.1 Å². The number of rotatable bonds is 3. The van der Waals surface area contributed by atoms with Crippen LogP contribution in [0, 0.1) is 13.8 Å². The summed E-state index contributed by atoms with van der Waals surface area (Å²) in [5.41, 5.74) is 1.94. The van der Waals surface area contributed by atoms with Crippen molar-refractivity contribution in [1.29, 1.82) is 0 Å². The molecule has 0 N–H and O–H groups in total. The molecule has 0 spiro atoms. The molecule has 1 saturated heterocycles. The van der Waals surface area contributed by atoms with Crippen molar-refractivity contribution >= 4 is 23.0 Å². The summed E-state index contributed by atoms with van der Waals surface area (Å²) in [5.74, 6) is 0.788. The lowest BCUT2D eigenvalue weighted by Gasteiger charge is -2.14. The van der Waals surface area contributed by atoms with Crippen LogP contribution in [0.25, 0.3) is 0 Å². The van der Waals surface area contributed by atoms with Crippen molar-refractivity contribution in [3.63, 3.8) is 0 Å². The molecule has 0 saturated carbocycles. The van der Waals surface area contributed by atoms with Crippen molar-refractivity contribution in [1.82, 2.24) is 0 Å². The van der Waals surface area contributed by atoms with Crippen LogP contribution in [0.4, 0.5) is 0 Å². The molecule has 1 fully saturated rings. The van der Waals surface area contributed by atoms with Crippen LogP contribution in [0.5, 0.6) is 5.75 Å². The maximum Gasteiger partial charge on any atom is 0.305 e. The van der Waals surface area contributed by atoms with Crippen molar-refractivity contribution in [3.05, 3.63) is 28.3 Å². The summed E-state index contributed by atoms with van der Waals surface area (Å²) in [4.78, 5) is 0. The number of hydrogen-bond donors (Lipinski definition) is 0. The van der Waals surface area contributed by atoms with Gasteiger partial charge in [-0.15, -0.1) is 0 Å². The van der Waals surface area contributed by atoms with Gasteiger partial charge in [-0.25, -0.2) is 0 Å². The molecule has 94 valence electrons. The largest absolute Gasteiger partial charge is 0.490 e. The molecular formula is C11H13ClO4S. The molecule has 2 rings (SSSR count). The molecule has 2 atom stereocenters. The standard InChI is InChI=1S/C11H13ClO4S/c1-7-3-9(12)4-8(2)11(7)14-5-10-6-15-17(13)16-10/h3-4,10H,5-6H2,1-2H3. The van der Waals surface area contributed by atoms with Gasteiger partial charge in [-0.1, -0.05) is 11.6 Å². The second kappa shape index (κ2) is 5.35. The zero-order chi connectivity index (χ0) is 12.4. The number of halogens is 1. The van der Waals surface area contributed by atoms with Crippen LogP contribution < -0.4 is 4.74 Å². The molecule has 17 heavy (non-hydrogen) atoms. The second-order valence-electron chi connectivity index (χ2n) is 3.89. The van der Waals surface area contributed by atoms with Crippen LogP contribution >= 0.6 is 11.6 Å². The van der Waals surface area contributed by atoms with Crippen LogP contribution in [0.1, 0.15) is 11.1 Å². The molecule has 4 nitrogen and oxygen atoms in total. The lowest BCUT2D eigenvalue weighted by molar-refractivity contribution is 0.150. The smallest absolute Gasteiger partial charge is 0.305 e. The highest BCUT2D eigenvalue weighted by atomic mass is 35.5. The van der Waals surface area contributed by atoms with Gasteiger partial charge in [0, 0.05) is 5.02 Å². The Labute approximate surface area is 108 Å². The molecule has 6 heteroatoms. The molecule has 2 unspecified atom stereocenters. The van der Waals surface area contributed by atoms with Gasteiger partial charge < -0.3 is 4.74 Å². The Balaban J connectivity index is 2.01. The van der Waals surface area contributed by atoms with E-state index in [2.05, 4.69) is 0 Å². The van der Waals surface area contributed by atoms with E-state index < -0.39 is 11.4 Å². The van der Waals surface area contributed by atoms with Crippen molar-refractivity contribution in [2.45, 2.75) is 20.0 Å². The fourth-order valence-electron chi connectivity index (χ4n) is 1.68. The highest BCUT2D eigenvalue weighted by molar-refractivity contribution is 7.75. The van der Waals surface area contributed by atoms with Crippen molar-refractivity contribution in [2.24, 2.45) is 0 Å². The zero-order valence-corrected chi connectivity index (χ0v) is 11.1. The van der Waals surface area contributed by atoms with Gasteiger partial charge >= 0.3 is 11.4 Å². The van der Waals surface area contributed by atoms with Crippen molar-refractivity contribution in [2.75, 3.05) is 13.2 Å². The van der Waals surface area contributed by atoms with E-state index in [0.717, 1.165) is 16.9 Å². The fraction of sp³-hybridized carbons (Fsp3) is 0.455. The summed E-state index contributed by atoms with van der Waals surface area (Å²) in [6, 6.07) is 3.68. The summed E-state index contributed by atoms with van der Waals surface area (Å²) >= 11 is 4.30. The molecule has 0 radical (unpaired) electrons. The van der Waals surface area contributed by atoms with Gasteiger partial charge in [-0.3, -0.25) is 8.37 Å². The minimum atomic E-state index is -1.63. The molecule has 0 amide bonds. The third-order valence-electron chi connectivity index (χ3n) is 2.40. The van der Waals surface area contributed by atoms with E-state index in [1.54, 1.807) is 0 Å². The Morgan fingerprint density at radius 2 is 2.12 bits per heavy atom. The summed E-state index contributed by atoms with van der Waals surface area (Å²) in [7, 11) is 0. The van der Waals surface area contributed by atoms with E-state index in [9.17, 15) is 4.21 Å². The predicted octanol–water partition coefficient (Wildman–Crippen LogP) is 2.33. The number of ether oxygens (including phenoxy) is 1. The Morgan fingerprint density at radius 3 is 2.65 bits per heavy atom. The average molecular weight is 277 g/mol. The third-order valence-corrected chi connectivity index (χ3v) is 3.38. The second-order valence-corrected chi connectivity index (χ2v) is 5.16. The Bertz CT molecular complexity index is 426. The van der Waals surface area contributed by atoms with Crippen molar-refractivity contribution < 1.29 is 17.3 Å². The minimum absolute atomic E-state index is 0.287. The first-order valence-electron chi connectivity index (χ1n) is 5.18. The molecule has 1 aromatic rings. The molecule has 1 aliphatic heterocycles. The van der Waals surface area contributed by atoms with Crippen LogP contribution in [0.3, 0.4) is 0 Å². The summed E-state index contributed by atoms with van der Waals surface area (Å²) < 4.78 is 26.3. The van der Waals surface area contributed by atoms with Crippen LogP contribution in [0.2, 0.25) is 5.02 Å². The first-order chi connectivity index (χ1) is 8.06. The topological polar surface area (TPSA) is 44.8 Å². The lowest BCUT2D eigenvalue weighted by Crippen LogP contribution is -2.20. The lowest BCUT2D eigenvalue weighted by atomic mass is 10.1. The first-order valence-corrected chi connectivity index (χ1v) is 6.56. The molecule has 0 aromatic heterocycles. The van der Waals surface area contributed by atoms with Gasteiger partial charge in [0.25, 0.3) is 0 Å². The van der Waals surface area contributed by atoms with Gasteiger partial charge in [0.15, 0.2) is 0 Å². The summed E-state index contributed by atoms with van der Waals surface area (Å²) in [5, 5.41) is 0.689. The first kappa shape index (κ1) is 12.8. The highest BCUT2D eigenvalue weighted by Crippen LogP contribution is 2.27. The zero-order valence-electron chi connectivity index (χ0n) is 9.57. The van der Waals surface area contributed by atoms with E-state index in [1.807, 2.05) is 26.0 Å². The maximum atomic E-state index is 10.8. The maximum absolute atomic E-state index is 10.8. The minimum Gasteiger partial charge on any atom is -0.490 e.